The molecule has 2 aromatic rings. The molecule has 0 aromatic carbocycles. The summed E-state index contributed by atoms with van der Waals surface area (Å²) in [6.07, 6.45) is 3.65. The molecular formula is C14H18N2OS. The van der Waals surface area contributed by atoms with Gasteiger partial charge in [0.2, 0.25) is 0 Å². The molecule has 0 fully saturated rings. The maximum absolute atomic E-state index is 5.29. The molecule has 2 heterocycles. The van der Waals surface area contributed by atoms with E-state index in [0.29, 0.717) is 0 Å². The van der Waals surface area contributed by atoms with Gasteiger partial charge in [0.15, 0.2) is 0 Å². The third-order valence-electron chi connectivity index (χ3n) is 2.68. The number of hydrogen-bond donors (Lipinski definition) is 1. The molecule has 0 saturated heterocycles. The second-order valence-corrected chi connectivity index (χ2v) is 5.22. The molecule has 0 spiro atoms. The van der Waals surface area contributed by atoms with Gasteiger partial charge < -0.3 is 9.73 Å². The minimum absolute atomic E-state index is 0.875. The Morgan fingerprint density at radius 3 is 2.83 bits per heavy atom. The fraction of sp³-hybridized carbons (Fsp3) is 0.357. The lowest BCUT2D eigenvalue weighted by Gasteiger charge is -2.07. The summed E-state index contributed by atoms with van der Waals surface area (Å²) in [6.45, 7) is 8.02. The average molecular weight is 262 g/mol. The van der Waals surface area contributed by atoms with Crippen LogP contribution in [0.2, 0.25) is 0 Å². The summed E-state index contributed by atoms with van der Waals surface area (Å²) in [5.41, 5.74) is 2.43. The Labute approximate surface area is 112 Å². The number of nitrogens with one attached hydrogen (secondary N) is 1. The van der Waals surface area contributed by atoms with Gasteiger partial charge >= 0.3 is 0 Å². The first-order valence-electron chi connectivity index (χ1n) is 6.09. The molecule has 2 rings (SSSR count). The number of pyridine rings is 1. The van der Waals surface area contributed by atoms with Crippen LogP contribution in [0.3, 0.4) is 0 Å². The summed E-state index contributed by atoms with van der Waals surface area (Å²) in [6, 6.07) is 4.17. The Bertz CT molecular complexity index is 522. The molecule has 0 saturated carbocycles. The van der Waals surface area contributed by atoms with Crippen LogP contribution in [0.15, 0.2) is 38.9 Å². The summed E-state index contributed by atoms with van der Waals surface area (Å²) in [5, 5.41) is 4.35. The van der Waals surface area contributed by atoms with E-state index in [1.54, 1.807) is 18.0 Å². The van der Waals surface area contributed by atoms with Crippen molar-refractivity contribution in [2.45, 2.75) is 37.2 Å². The summed E-state index contributed by atoms with van der Waals surface area (Å²) in [5.74, 6) is 0.943. The first-order valence-corrected chi connectivity index (χ1v) is 6.90. The monoisotopic (exact) mass is 262 g/mol. The highest BCUT2D eigenvalue weighted by Crippen LogP contribution is 2.31. The number of aryl methyl sites for hydroxylation is 2. The minimum Gasteiger partial charge on any atom is -0.468 e. The first kappa shape index (κ1) is 13.2. The SMILES string of the molecule is CCNCc1cnc(Sc2ccoc2C)c(C)c1. The molecule has 0 aliphatic carbocycles. The van der Waals surface area contributed by atoms with Crippen molar-refractivity contribution in [3.8, 4) is 0 Å². The number of hydrogen-bond acceptors (Lipinski definition) is 4. The van der Waals surface area contributed by atoms with E-state index in [1.165, 1.54) is 11.1 Å². The summed E-state index contributed by atoms with van der Waals surface area (Å²) >= 11 is 1.65. The second kappa shape index (κ2) is 6.07. The van der Waals surface area contributed by atoms with Gasteiger partial charge in [-0.25, -0.2) is 4.98 Å². The van der Waals surface area contributed by atoms with Crippen LogP contribution in [0.5, 0.6) is 0 Å². The zero-order valence-electron chi connectivity index (χ0n) is 11.0. The van der Waals surface area contributed by atoms with Crippen molar-refractivity contribution < 1.29 is 4.42 Å². The van der Waals surface area contributed by atoms with E-state index in [9.17, 15) is 0 Å². The Hall–Kier alpha value is -1.26. The molecule has 1 N–H and O–H groups in total. The molecule has 96 valence electrons. The van der Waals surface area contributed by atoms with Gasteiger partial charge in [-0.05, 0) is 37.6 Å². The predicted molar refractivity (Wildman–Crippen MR) is 73.9 cm³/mol. The number of rotatable bonds is 5. The van der Waals surface area contributed by atoms with Crippen molar-refractivity contribution in [2.24, 2.45) is 0 Å². The smallest absolute Gasteiger partial charge is 0.114 e. The van der Waals surface area contributed by atoms with Crippen molar-refractivity contribution in [3.63, 3.8) is 0 Å². The van der Waals surface area contributed by atoms with E-state index in [2.05, 4.69) is 30.2 Å². The van der Waals surface area contributed by atoms with Crippen molar-refractivity contribution >= 4 is 11.8 Å². The zero-order chi connectivity index (χ0) is 13.0. The Morgan fingerprint density at radius 1 is 1.39 bits per heavy atom. The molecule has 3 nitrogen and oxygen atoms in total. The Kier molecular flexibility index (Phi) is 4.44. The molecule has 0 radical (unpaired) electrons. The summed E-state index contributed by atoms with van der Waals surface area (Å²) < 4.78 is 5.29. The zero-order valence-corrected chi connectivity index (χ0v) is 11.8. The summed E-state index contributed by atoms with van der Waals surface area (Å²) in [7, 11) is 0. The van der Waals surface area contributed by atoms with Gasteiger partial charge in [-0.15, -0.1) is 0 Å². The van der Waals surface area contributed by atoms with Gasteiger partial charge in [-0.2, -0.15) is 0 Å². The lowest BCUT2D eigenvalue weighted by molar-refractivity contribution is 0.527. The van der Waals surface area contributed by atoms with E-state index in [0.717, 1.165) is 28.8 Å². The van der Waals surface area contributed by atoms with Gasteiger partial charge in [0.25, 0.3) is 0 Å². The van der Waals surface area contributed by atoms with Gasteiger partial charge in [0, 0.05) is 12.7 Å². The first-order chi connectivity index (χ1) is 8.70. The second-order valence-electron chi connectivity index (χ2n) is 4.19. The predicted octanol–water partition coefficient (Wildman–Crippen LogP) is 3.55. The van der Waals surface area contributed by atoms with Crippen LogP contribution < -0.4 is 5.32 Å². The fourth-order valence-electron chi connectivity index (χ4n) is 1.68. The Morgan fingerprint density at radius 2 is 2.22 bits per heavy atom. The third kappa shape index (κ3) is 3.15. The molecule has 0 aliphatic heterocycles. The molecule has 0 unspecified atom stereocenters. The molecule has 18 heavy (non-hydrogen) atoms. The standard InChI is InChI=1S/C14H18N2OS/c1-4-15-8-12-7-10(2)14(16-9-12)18-13-5-6-17-11(13)3/h5-7,9,15H,4,8H2,1-3H3. The Balaban J connectivity index is 2.12. The van der Waals surface area contributed by atoms with E-state index >= 15 is 0 Å². The van der Waals surface area contributed by atoms with Gasteiger partial charge in [-0.3, -0.25) is 0 Å². The highest BCUT2D eigenvalue weighted by Gasteiger charge is 2.08. The van der Waals surface area contributed by atoms with Crippen LogP contribution in [-0.4, -0.2) is 11.5 Å². The summed E-state index contributed by atoms with van der Waals surface area (Å²) in [4.78, 5) is 5.66. The van der Waals surface area contributed by atoms with Crippen molar-refractivity contribution in [2.75, 3.05) is 6.54 Å². The van der Waals surface area contributed by atoms with Crippen molar-refractivity contribution in [1.29, 1.82) is 0 Å². The van der Waals surface area contributed by atoms with Crippen LogP contribution in [0, 0.1) is 13.8 Å². The lowest BCUT2D eigenvalue weighted by atomic mass is 10.2. The van der Waals surface area contributed by atoms with E-state index in [1.807, 2.05) is 19.2 Å². The van der Waals surface area contributed by atoms with Gasteiger partial charge in [0.1, 0.15) is 10.8 Å². The molecule has 0 atom stereocenters. The maximum atomic E-state index is 5.29. The molecule has 4 heteroatoms. The molecular weight excluding hydrogens is 244 g/mol. The highest BCUT2D eigenvalue weighted by molar-refractivity contribution is 7.99. The maximum Gasteiger partial charge on any atom is 0.114 e. The van der Waals surface area contributed by atoms with Gasteiger partial charge in [-0.1, -0.05) is 24.8 Å². The van der Waals surface area contributed by atoms with Crippen LogP contribution in [-0.2, 0) is 6.54 Å². The quantitative estimate of drug-likeness (QED) is 0.894. The van der Waals surface area contributed by atoms with Crippen LogP contribution in [0.4, 0.5) is 0 Å². The minimum atomic E-state index is 0.875. The normalized spacial score (nSPS) is 10.8. The van der Waals surface area contributed by atoms with E-state index in [-0.39, 0.29) is 0 Å². The molecule has 2 aromatic heterocycles. The average Bonchev–Trinajstić information content (AvgIpc) is 2.75. The molecule has 0 bridgehead atoms. The largest absolute Gasteiger partial charge is 0.468 e. The number of aromatic nitrogens is 1. The highest BCUT2D eigenvalue weighted by atomic mass is 32.2. The van der Waals surface area contributed by atoms with Crippen LogP contribution in [0.25, 0.3) is 0 Å². The van der Waals surface area contributed by atoms with Crippen LogP contribution in [0.1, 0.15) is 23.8 Å². The number of furan rings is 1. The molecule has 0 aliphatic rings. The lowest BCUT2D eigenvalue weighted by Crippen LogP contribution is -2.12. The molecule has 0 amide bonds. The fourth-order valence-corrected chi connectivity index (χ4v) is 2.53. The van der Waals surface area contributed by atoms with Gasteiger partial charge in [0.05, 0.1) is 11.2 Å². The van der Waals surface area contributed by atoms with E-state index < -0.39 is 0 Å². The van der Waals surface area contributed by atoms with Crippen LogP contribution >= 0.6 is 11.8 Å². The third-order valence-corrected chi connectivity index (χ3v) is 3.95. The number of nitrogens with zero attached hydrogens (tertiary/aromatic N) is 1. The van der Waals surface area contributed by atoms with Crippen molar-refractivity contribution in [3.05, 3.63) is 41.5 Å². The van der Waals surface area contributed by atoms with Crippen molar-refractivity contribution in [1.82, 2.24) is 10.3 Å². The van der Waals surface area contributed by atoms with E-state index in [4.69, 9.17) is 4.42 Å². The topological polar surface area (TPSA) is 38.1 Å².